The molecule has 0 fully saturated rings. The quantitative estimate of drug-likeness (QED) is 0.594. The van der Waals surface area contributed by atoms with E-state index in [1.54, 1.807) is 6.26 Å². The lowest BCUT2D eigenvalue weighted by Gasteiger charge is -2.34. The molecule has 0 aromatic heterocycles. The Labute approximate surface area is 154 Å². The lowest BCUT2D eigenvalue weighted by atomic mass is 10.0. The second kappa shape index (κ2) is 8.19. The van der Waals surface area contributed by atoms with E-state index in [-0.39, 0.29) is 0 Å². The smallest absolute Gasteiger partial charge is 0.408 e. The number of ether oxygens (including phenoxy) is 1. The Bertz CT molecular complexity index is 598. The Morgan fingerprint density at radius 1 is 1.32 bits per heavy atom. The predicted molar refractivity (Wildman–Crippen MR) is 105 cm³/mol. The summed E-state index contributed by atoms with van der Waals surface area (Å²) in [4.78, 5) is 14.1. The Balaban J connectivity index is 2.86. The minimum atomic E-state index is -0.967. The number of hydrogen-bond donors (Lipinski definition) is 2. The molecule has 6 nitrogen and oxygen atoms in total. The van der Waals surface area contributed by atoms with Crippen LogP contribution in [-0.4, -0.2) is 41.6 Å². The highest BCUT2D eigenvalue weighted by Crippen LogP contribution is 2.25. The molecule has 1 amide bonds. The Kier molecular flexibility index (Phi) is 7.02. The van der Waals surface area contributed by atoms with Gasteiger partial charge < -0.3 is 25.2 Å². The van der Waals surface area contributed by atoms with Crippen LogP contribution in [0.25, 0.3) is 0 Å². The van der Waals surface area contributed by atoms with Crippen molar-refractivity contribution in [1.29, 1.82) is 0 Å². The van der Waals surface area contributed by atoms with Crippen molar-refractivity contribution in [2.75, 3.05) is 30.5 Å². The van der Waals surface area contributed by atoms with Crippen molar-refractivity contribution in [2.24, 2.45) is 0 Å². The summed E-state index contributed by atoms with van der Waals surface area (Å²) in [6, 6.07) is 5.59. The van der Waals surface area contributed by atoms with Gasteiger partial charge in [-0.1, -0.05) is 11.2 Å². The molecule has 0 radical (unpaired) electrons. The van der Waals surface area contributed by atoms with Gasteiger partial charge in [0.05, 0.1) is 11.8 Å². The molecule has 1 aromatic rings. The van der Waals surface area contributed by atoms with Crippen LogP contribution in [0.5, 0.6) is 0 Å². The van der Waals surface area contributed by atoms with E-state index in [9.17, 15) is 9.35 Å². The second-order valence-electron chi connectivity index (χ2n) is 7.97. The normalized spacial score (nSPS) is 13.3. The highest BCUT2D eigenvalue weighted by Gasteiger charge is 2.26. The van der Waals surface area contributed by atoms with Crippen molar-refractivity contribution < 1.29 is 14.1 Å². The van der Waals surface area contributed by atoms with E-state index in [4.69, 9.17) is 10.5 Å². The fraction of sp³-hybridized carbons (Fsp3) is 0.611. The zero-order chi connectivity index (χ0) is 19.4. The molecule has 0 aliphatic rings. The summed E-state index contributed by atoms with van der Waals surface area (Å²) in [5.74, 6) is 0.435. The van der Waals surface area contributed by atoms with Gasteiger partial charge in [-0.05, 0) is 52.8 Å². The van der Waals surface area contributed by atoms with E-state index >= 15 is 0 Å². The SMILES string of the molecule is CN(CC(C)(C)NC(=O)OC(C)(C)C)c1ccc(N)cc1C[S+](C)[O-]. The summed E-state index contributed by atoms with van der Waals surface area (Å²) in [7, 11) is 1.94. The van der Waals surface area contributed by atoms with Crippen molar-refractivity contribution in [3.8, 4) is 0 Å². The van der Waals surface area contributed by atoms with Crippen LogP contribution in [0.1, 0.15) is 40.2 Å². The lowest BCUT2D eigenvalue weighted by molar-refractivity contribution is 0.0475. The van der Waals surface area contributed by atoms with Crippen molar-refractivity contribution in [1.82, 2.24) is 5.32 Å². The van der Waals surface area contributed by atoms with Crippen molar-refractivity contribution in [2.45, 2.75) is 51.5 Å². The van der Waals surface area contributed by atoms with Gasteiger partial charge in [0.25, 0.3) is 0 Å². The van der Waals surface area contributed by atoms with Gasteiger partial charge in [-0.3, -0.25) is 0 Å². The van der Waals surface area contributed by atoms with Crippen LogP contribution in [0.4, 0.5) is 16.2 Å². The summed E-state index contributed by atoms with van der Waals surface area (Å²) in [5.41, 5.74) is 7.33. The zero-order valence-corrected chi connectivity index (χ0v) is 17.1. The molecule has 0 bridgehead atoms. The number of anilines is 2. The van der Waals surface area contributed by atoms with Crippen LogP contribution in [0.3, 0.4) is 0 Å². The standard InChI is InChI=1S/C18H31N3O3S/c1-17(2,3)24-16(22)20-18(4,5)12-21(6)15-9-8-14(19)10-13(15)11-25(7)23/h8-10H,11-12,19H2,1-7H3,(H,20,22). The number of nitrogens with zero attached hydrogens (tertiary/aromatic N) is 1. The van der Waals surface area contributed by atoms with Crippen molar-refractivity contribution in [3.05, 3.63) is 23.8 Å². The molecule has 1 unspecified atom stereocenters. The fourth-order valence-corrected chi connectivity index (χ4v) is 3.28. The Morgan fingerprint density at radius 3 is 2.44 bits per heavy atom. The van der Waals surface area contributed by atoms with Gasteiger partial charge in [0.1, 0.15) is 11.4 Å². The molecule has 0 aliphatic heterocycles. The van der Waals surface area contributed by atoms with E-state index in [1.807, 2.05) is 64.8 Å². The number of nitrogen functional groups attached to an aromatic ring is 1. The number of rotatable bonds is 6. The van der Waals surface area contributed by atoms with E-state index in [1.165, 1.54) is 0 Å². The molecule has 142 valence electrons. The average Bonchev–Trinajstić information content (AvgIpc) is 2.33. The summed E-state index contributed by atoms with van der Waals surface area (Å²) in [6.07, 6.45) is 1.22. The van der Waals surface area contributed by atoms with Crippen LogP contribution >= 0.6 is 0 Å². The maximum absolute atomic E-state index is 12.0. The summed E-state index contributed by atoms with van der Waals surface area (Å²) in [5, 5.41) is 2.90. The van der Waals surface area contributed by atoms with Crippen molar-refractivity contribution in [3.63, 3.8) is 0 Å². The van der Waals surface area contributed by atoms with Crippen LogP contribution in [0, 0.1) is 0 Å². The van der Waals surface area contributed by atoms with Crippen LogP contribution in [0.2, 0.25) is 0 Å². The molecule has 1 aromatic carbocycles. The first kappa shape index (κ1) is 21.4. The van der Waals surface area contributed by atoms with Gasteiger partial charge in [-0.15, -0.1) is 0 Å². The zero-order valence-electron chi connectivity index (χ0n) is 16.3. The molecule has 0 spiro atoms. The molecule has 3 N–H and O–H groups in total. The molecule has 0 saturated heterocycles. The molecule has 0 aliphatic carbocycles. The van der Waals surface area contributed by atoms with E-state index in [0.29, 0.717) is 18.0 Å². The molecule has 25 heavy (non-hydrogen) atoms. The number of amides is 1. The summed E-state index contributed by atoms with van der Waals surface area (Å²) >= 11 is -0.967. The minimum absolute atomic E-state index is 0.435. The number of carbonyl (C=O) groups is 1. The number of hydrogen-bond acceptors (Lipinski definition) is 5. The summed E-state index contributed by atoms with van der Waals surface area (Å²) < 4.78 is 17.0. The number of benzene rings is 1. The highest BCUT2D eigenvalue weighted by atomic mass is 32.2. The number of carbonyl (C=O) groups excluding carboxylic acids is 1. The first-order valence-corrected chi connectivity index (χ1v) is 9.92. The fourth-order valence-electron chi connectivity index (χ4n) is 2.61. The van der Waals surface area contributed by atoms with E-state index in [2.05, 4.69) is 5.32 Å². The first-order valence-electron chi connectivity index (χ1n) is 8.20. The Morgan fingerprint density at radius 2 is 1.92 bits per heavy atom. The number of nitrogens with two attached hydrogens (primary N) is 1. The lowest BCUT2D eigenvalue weighted by Crippen LogP contribution is -2.52. The molecule has 7 heteroatoms. The molecule has 0 heterocycles. The van der Waals surface area contributed by atoms with Crippen LogP contribution in [0.15, 0.2) is 18.2 Å². The molecular weight excluding hydrogens is 338 g/mol. The van der Waals surface area contributed by atoms with Gasteiger partial charge >= 0.3 is 6.09 Å². The second-order valence-corrected chi connectivity index (χ2v) is 9.41. The van der Waals surface area contributed by atoms with E-state index in [0.717, 1.165) is 11.3 Å². The van der Waals surface area contributed by atoms with Gasteiger partial charge in [-0.2, -0.15) is 0 Å². The average molecular weight is 370 g/mol. The van der Waals surface area contributed by atoms with Gasteiger partial charge in [0, 0.05) is 30.5 Å². The highest BCUT2D eigenvalue weighted by molar-refractivity contribution is 7.89. The third-order valence-electron chi connectivity index (χ3n) is 3.35. The first-order chi connectivity index (χ1) is 11.3. The third-order valence-corrected chi connectivity index (χ3v) is 4.06. The topological polar surface area (TPSA) is 90.7 Å². The minimum Gasteiger partial charge on any atom is -0.616 e. The number of alkyl carbamates (subject to hydrolysis) is 1. The van der Waals surface area contributed by atoms with Crippen LogP contribution < -0.4 is 16.0 Å². The number of nitrogens with one attached hydrogen (secondary N) is 1. The molecular formula is C18H31N3O3S. The third kappa shape index (κ3) is 7.88. The van der Waals surface area contributed by atoms with Gasteiger partial charge in [-0.25, -0.2) is 4.79 Å². The van der Waals surface area contributed by atoms with Crippen molar-refractivity contribution >= 4 is 28.6 Å². The Hall–Kier alpha value is -1.60. The van der Waals surface area contributed by atoms with Crippen LogP contribution in [-0.2, 0) is 21.7 Å². The van der Waals surface area contributed by atoms with Gasteiger partial charge in [0.2, 0.25) is 0 Å². The van der Waals surface area contributed by atoms with E-state index < -0.39 is 28.4 Å². The molecule has 0 saturated carbocycles. The maximum atomic E-state index is 12.0. The monoisotopic (exact) mass is 369 g/mol. The largest absolute Gasteiger partial charge is 0.616 e. The maximum Gasteiger partial charge on any atom is 0.408 e. The number of likely N-dealkylation sites (N-methyl/N-ethyl adjacent to an activating group) is 1. The summed E-state index contributed by atoms with van der Waals surface area (Å²) in [6.45, 7) is 9.91. The molecule has 1 atom stereocenters. The molecule has 1 rings (SSSR count). The predicted octanol–water partition coefficient (Wildman–Crippen LogP) is 2.89. The van der Waals surface area contributed by atoms with Gasteiger partial charge in [0.15, 0.2) is 0 Å².